The number of benzene rings is 2. The second kappa shape index (κ2) is 6.39. The Balaban J connectivity index is 1.50. The minimum absolute atomic E-state index is 0.0533. The molecule has 2 N–H and O–H groups in total. The van der Waals surface area contributed by atoms with Crippen LogP contribution in [0, 0.1) is 0 Å². The number of anilines is 1. The second-order valence-corrected chi connectivity index (χ2v) is 6.17. The van der Waals surface area contributed by atoms with Crippen LogP contribution in [0.15, 0.2) is 48.7 Å². The predicted octanol–water partition coefficient (Wildman–Crippen LogP) is 3.05. The Bertz CT molecular complexity index is 924. The van der Waals surface area contributed by atoms with Crippen molar-refractivity contribution in [2.24, 2.45) is 0 Å². The third-order valence-corrected chi connectivity index (χ3v) is 4.50. The first-order valence-corrected chi connectivity index (χ1v) is 8.35. The molecule has 0 atom stereocenters. The van der Waals surface area contributed by atoms with Crippen LogP contribution in [0.5, 0.6) is 0 Å². The molecular formula is C19H18N4O2. The number of hydrogen-bond donors (Lipinski definition) is 2. The average molecular weight is 334 g/mol. The lowest BCUT2D eigenvalue weighted by molar-refractivity contribution is 0.0792. The number of hydrogen-bond acceptors (Lipinski definition) is 3. The number of amides is 2. The summed E-state index contributed by atoms with van der Waals surface area (Å²) in [6, 6.07) is 12.5. The van der Waals surface area contributed by atoms with E-state index in [-0.39, 0.29) is 11.8 Å². The van der Waals surface area contributed by atoms with Gasteiger partial charge in [0.1, 0.15) is 0 Å². The Morgan fingerprint density at radius 1 is 1.04 bits per heavy atom. The van der Waals surface area contributed by atoms with Gasteiger partial charge in [-0.05, 0) is 43.2 Å². The number of carbonyl (C=O) groups excluding carboxylic acids is 2. The number of H-pyrrole nitrogens is 1. The zero-order valence-electron chi connectivity index (χ0n) is 13.7. The highest BCUT2D eigenvalue weighted by Crippen LogP contribution is 2.19. The Morgan fingerprint density at radius 2 is 1.80 bits per heavy atom. The highest BCUT2D eigenvalue weighted by atomic mass is 16.2. The maximum absolute atomic E-state index is 12.5. The van der Waals surface area contributed by atoms with Gasteiger partial charge < -0.3 is 10.2 Å². The molecule has 6 heteroatoms. The number of para-hydroxylation sites is 1. The molecule has 2 heterocycles. The zero-order valence-corrected chi connectivity index (χ0v) is 13.7. The van der Waals surface area contributed by atoms with Crippen molar-refractivity contribution in [3.63, 3.8) is 0 Å². The van der Waals surface area contributed by atoms with Crippen LogP contribution in [0.3, 0.4) is 0 Å². The van der Waals surface area contributed by atoms with Crippen molar-refractivity contribution in [2.45, 2.75) is 12.8 Å². The van der Waals surface area contributed by atoms with Crippen LogP contribution in [0.25, 0.3) is 10.9 Å². The zero-order chi connectivity index (χ0) is 17.2. The third kappa shape index (κ3) is 2.98. The Hall–Kier alpha value is -3.15. The SMILES string of the molecule is O=C(Nc1ccc(C(=O)N2CCCC2)cc1)c1cccc2cn[nH]c12. The summed E-state index contributed by atoms with van der Waals surface area (Å²) >= 11 is 0. The Morgan fingerprint density at radius 3 is 2.56 bits per heavy atom. The number of aromatic amines is 1. The first-order valence-electron chi connectivity index (χ1n) is 8.35. The van der Waals surface area contributed by atoms with E-state index in [0.717, 1.165) is 31.3 Å². The number of aromatic nitrogens is 2. The molecule has 0 unspecified atom stereocenters. The van der Waals surface area contributed by atoms with Crippen molar-refractivity contribution in [1.82, 2.24) is 15.1 Å². The lowest BCUT2D eigenvalue weighted by Gasteiger charge is -2.15. The van der Waals surface area contributed by atoms with E-state index in [1.54, 1.807) is 36.5 Å². The van der Waals surface area contributed by atoms with Gasteiger partial charge in [0.05, 0.1) is 17.3 Å². The fourth-order valence-electron chi connectivity index (χ4n) is 3.16. The van der Waals surface area contributed by atoms with Gasteiger partial charge in [0.15, 0.2) is 0 Å². The van der Waals surface area contributed by atoms with Crippen LogP contribution < -0.4 is 5.32 Å². The van der Waals surface area contributed by atoms with Gasteiger partial charge in [0, 0.05) is 29.7 Å². The Kier molecular flexibility index (Phi) is 3.93. The summed E-state index contributed by atoms with van der Waals surface area (Å²) in [6.07, 6.45) is 3.82. The van der Waals surface area contributed by atoms with Crippen LogP contribution in [-0.4, -0.2) is 40.0 Å². The van der Waals surface area contributed by atoms with Crippen LogP contribution in [-0.2, 0) is 0 Å². The fraction of sp³-hybridized carbons (Fsp3) is 0.211. The number of fused-ring (bicyclic) bond motifs is 1. The van der Waals surface area contributed by atoms with E-state index in [1.807, 2.05) is 17.0 Å². The minimum atomic E-state index is -0.214. The van der Waals surface area contributed by atoms with Crippen molar-refractivity contribution in [3.05, 3.63) is 59.8 Å². The molecule has 0 spiro atoms. The topological polar surface area (TPSA) is 78.1 Å². The van der Waals surface area contributed by atoms with Gasteiger partial charge in [-0.1, -0.05) is 12.1 Å². The minimum Gasteiger partial charge on any atom is -0.339 e. The van der Waals surface area contributed by atoms with E-state index in [1.165, 1.54) is 0 Å². The van der Waals surface area contributed by atoms with Crippen molar-refractivity contribution >= 4 is 28.4 Å². The van der Waals surface area contributed by atoms with Gasteiger partial charge in [-0.25, -0.2) is 0 Å². The largest absolute Gasteiger partial charge is 0.339 e. The van der Waals surface area contributed by atoms with Gasteiger partial charge in [0.25, 0.3) is 11.8 Å². The molecule has 1 aromatic heterocycles. The maximum Gasteiger partial charge on any atom is 0.257 e. The van der Waals surface area contributed by atoms with Crippen LogP contribution in [0.4, 0.5) is 5.69 Å². The summed E-state index contributed by atoms with van der Waals surface area (Å²) in [5.74, 6) is -0.161. The van der Waals surface area contributed by atoms with Crippen molar-refractivity contribution < 1.29 is 9.59 Å². The molecule has 0 aliphatic carbocycles. The fourth-order valence-corrected chi connectivity index (χ4v) is 3.16. The molecule has 0 bridgehead atoms. The standard InChI is InChI=1S/C19H18N4O2/c24-18(16-5-3-4-14-12-20-22-17(14)16)21-15-8-6-13(7-9-15)19(25)23-10-1-2-11-23/h3-9,12H,1-2,10-11H2,(H,20,22)(H,21,24). The van der Waals surface area contributed by atoms with E-state index < -0.39 is 0 Å². The third-order valence-electron chi connectivity index (χ3n) is 4.50. The molecule has 25 heavy (non-hydrogen) atoms. The molecule has 2 aromatic carbocycles. The molecule has 2 amide bonds. The highest BCUT2D eigenvalue weighted by Gasteiger charge is 2.19. The van der Waals surface area contributed by atoms with Crippen LogP contribution in [0.1, 0.15) is 33.6 Å². The summed E-state index contributed by atoms with van der Waals surface area (Å²) in [6.45, 7) is 1.65. The number of likely N-dealkylation sites (tertiary alicyclic amines) is 1. The van der Waals surface area contributed by atoms with Gasteiger partial charge in [0.2, 0.25) is 0 Å². The first-order chi connectivity index (χ1) is 12.2. The molecule has 0 saturated carbocycles. The molecule has 0 radical (unpaired) electrons. The maximum atomic E-state index is 12.5. The van der Waals surface area contributed by atoms with E-state index in [2.05, 4.69) is 15.5 Å². The van der Waals surface area contributed by atoms with Crippen molar-refractivity contribution in [1.29, 1.82) is 0 Å². The summed E-state index contributed by atoms with van der Waals surface area (Å²) in [7, 11) is 0. The first kappa shape index (κ1) is 15.4. The summed E-state index contributed by atoms with van der Waals surface area (Å²) < 4.78 is 0. The highest BCUT2D eigenvalue weighted by molar-refractivity contribution is 6.11. The molecule has 1 aliphatic rings. The van der Waals surface area contributed by atoms with Crippen LogP contribution >= 0.6 is 0 Å². The number of nitrogens with one attached hydrogen (secondary N) is 2. The smallest absolute Gasteiger partial charge is 0.257 e. The van der Waals surface area contributed by atoms with E-state index in [4.69, 9.17) is 0 Å². The van der Waals surface area contributed by atoms with Gasteiger partial charge in [-0.2, -0.15) is 5.10 Å². The van der Waals surface area contributed by atoms with E-state index in [0.29, 0.717) is 22.3 Å². The van der Waals surface area contributed by atoms with Crippen molar-refractivity contribution in [2.75, 3.05) is 18.4 Å². The van der Waals surface area contributed by atoms with E-state index in [9.17, 15) is 9.59 Å². The monoisotopic (exact) mass is 334 g/mol. The predicted molar refractivity (Wildman–Crippen MR) is 95.6 cm³/mol. The molecule has 6 nitrogen and oxygen atoms in total. The van der Waals surface area contributed by atoms with Gasteiger partial charge in [-0.15, -0.1) is 0 Å². The quantitative estimate of drug-likeness (QED) is 0.773. The molecule has 3 aromatic rings. The van der Waals surface area contributed by atoms with Crippen molar-refractivity contribution in [3.8, 4) is 0 Å². The lowest BCUT2D eigenvalue weighted by Crippen LogP contribution is -2.27. The molecule has 4 rings (SSSR count). The van der Waals surface area contributed by atoms with Gasteiger partial charge >= 0.3 is 0 Å². The number of nitrogens with zero attached hydrogens (tertiary/aromatic N) is 2. The lowest BCUT2D eigenvalue weighted by atomic mass is 10.1. The molecule has 1 saturated heterocycles. The average Bonchev–Trinajstić information content (AvgIpc) is 3.33. The van der Waals surface area contributed by atoms with E-state index >= 15 is 0 Å². The molecule has 1 fully saturated rings. The molecule has 1 aliphatic heterocycles. The summed E-state index contributed by atoms with van der Waals surface area (Å²) in [5.41, 5.74) is 2.54. The Labute approximate surface area is 144 Å². The number of rotatable bonds is 3. The summed E-state index contributed by atoms with van der Waals surface area (Å²) in [4.78, 5) is 26.7. The molecule has 126 valence electrons. The second-order valence-electron chi connectivity index (χ2n) is 6.17. The normalized spacial score (nSPS) is 14.0. The van der Waals surface area contributed by atoms with Gasteiger partial charge in [-0.3, -0.25) is 14.7 Å². The number of carbonyl (C=O) groups is 2. The van der Waals surface area contributed by atoms with Crippen LogP contribution in [0.2, 0.25) is 0 Å². The summed E-state index contributed by atoms with van der Waals surface area (Å²) in [5, 5.41) is 10.6. The molecular weight excluding hydrogens is 316 g/mol.